The van der Waals surface area contributed by atoms with E-state index in [1.807, 2.05) is 6.07 Å². The summed E-state index contributed by atoms with van der Waals surface area (Å²) in [6.45, 7) is 0. The lowest BCUT2D eigenvalue weighted by Crippen LogP contribution is -2.56. The number of carbonyl (C=O) groups is 2. The highest BCUT2D eigenvalue weighted by molar-refractivity contribution is 7.93. The largest absolute Gasteiger partial charge is 0.351 e. The van der Waals surface area contributed by atoms with E-state index in [1.165, 1.54) is 36.5 Å². The van der Waals surface area contributed by atoms with Crippen molar-refractivity contribution < 1.29 is 31.2 Å². The minimum absolute atomic E-state index is 0.0399. The van der Waals surface area contributed by atoms with Crippen LogP contribution in [0.3, 0.4) is 0 Å². The van der Waals surface area contributed by atoms with Gasteiger partial charge in [0.1, 0.15) is 23.7 Å². The molecule has 1 saturated carbocycles. The molecule has 3 heterocycles. The van der Waals surface area contributed by atoms with Gasteiger partial charge in [0.2, 0.25) is 15.9 Å². The van der Waals surface area contributed by atoms with Crippen molar-refractivity contribution in [2.75, 3.05) is 15.0 Å². The topological polar surface area (TPSA) is 136 Å². The number of amides is 2. The fourth-order valence-corrected chi connectivity index (χ4v) is 6.96. The zero-order valence-electron chi connectivity index (χ0n) is 21.6. The minimum atomic E-state index is -4.11. The van der Waals surface area contributed by atoms with Crippen molar-refractivity contribution in [2.24, 2.45) is 0 Å². The van der Waals surface area contributed by atoms with Crippen LogP contribution >= 0.6 is 11.6 Å². The maximum Gasteiger partial charge on any atom is 0.252 e. The van der Waals surface area contributed by atoms with Crippen LogP contribution in [0.2, 0.25) is 5.02 Å². The maximum absolute atomic E-state index is 14.5. The lowest BCUT2D eigenvalue weighted by atomic mass is 9.87. The summed E-state index contributed by atoms with van der Waals surface area (Å²) in [5.74, 6) is -6.31. The fourth-order valence-electron chi connectivity index (χ4n) is 5.04. The van der Waals surface area contributed by atoms with Crippen molar-refractivity contribution >= 4 is 44.9 Å². The number of halogens is 4. The normalized spacial score (nSPS) is 19.8. The van der Waals surface area contributed by atoms with Gasteiger partial charge in [-0.05, 0) is 24.6 Å². The van der Waals surface area contributed by atoms with Crippen molar-refractivity contribution in [3.8, 4) is 6.07 Å². The summed E-state index contributed by atoms with van der Waals surface area (Å²) in [5, 5.41) is 11.9. The molecule has 15 heteroatoms. The zero-order valence-corrected chi connectivity index (χ0v) is 23.2. The molecule has 2 aliphatic rings. The smallest absolute Gasteiger partial charge is 0.252 e. The molecule has 1 N–H and O–H groups in total. The van der Waals surface area contributed by atoms with Crippen molar-refractivity contribution in [2.45, 2.75) is 43.3 Å². The van der Waals surface area contributed by atoms with Crippen LogP contribution in [0, 0.1) is 17.1 Å². The molecule has 218 valence electrons. The number of hydrogen-bond acceptors (Lipinski definition) is 7. The molecule has 3 aromatic rings. The van der Waals surface area contributed by atoms with Gasteiger partial charge in [0.05, 0.1) is 35.5 Å². The van der Waals surface area contributed by atoms with Crippen molar-refractivity contribution in [3.05, 3.63) is 83.0 Å². The molecule has 1 aromatic carbocycles. The number of sulfonamides is 1. The van der Waals surface area contributed by atoms with Crippen LogP contribution in [0.4, 0.5) is 24.7 Å². The number of nitrogens with one attached hydrogen (secondary N) is 1. The average molecular weight is 619 g/mol. The molecule has 10 nitrogen and oxygen atoms in total. The number of pyridine rings is 2. The second kappa shape index (κ2) is 11.2. The molecule has 5 rings (SSSR count). The van der Waals surface area contributed by atoms with Crippen LogP contribution < -0.4 is 14.5 Å². The van der Waals surface area contributed by atoms with E-state index in [9.17, 15) is 36.4 Å². The highest BCUT2D eigenvalue weighted by Gasteiger charge is 2.49. The van der Waals surface area contributed by atoms with Crippen LogP contribution in [0.1, 0.15) is 36.4 Å². The highest BCUT2D eigenvalue weighted by atomic mass is 35.5. The number of carbonyl (C=O) groups excluding carboxylic acids is 2. The van der Waals surface area contributed by atoms with Gasteiger partial charge < -0.3 is 5.32 Å². The van der Waals surface area contributed by atoms with Crippen molar-refractivity contribution in [1.29, 1.82) is 5.26 Å². The Morgan fingerprint density at radius 3 is 2.60 bits per heavy atom. The van der Waals surface area contributed by atoms with E-state index in [0.29, 0.717) is 0 Å². The Morgan fingerprint density at radius 1 is 1.19 bits per heavy atom. The first-order valence-corrected chi connectivity index (χ1v) is 14.6. The molecule has 2 amide bonds. The molecule has 1 aliphatic heterocycles. The standard InChI is InChI=1S/C27H22ClF3N6O4S/c28-21-4-2-1-3-20(21)24(25(38)35-18-11-27(30,31)12-18)36(19-10-17(29)14-33-15-19)26(39)22-6-8-42(40,41)37(22)23-9-16(13-32)5-7-34-23/h1-5,7,9-10,14-15,18,22,24H,6,8,11-12H2,(H,35,38)/t22-,24-/m0/s1. The lowest BCUT2D eigenvalue weighted by molar-refractivity contribution is -0.133. The monoisotopic (exact) mass is 618 g/mol. The summed E-state index contributed by atoms with van der Waals surface area (Å²) in [7, 11) is -4.11. The number of aromatic nitrogens is 2. The first kappa shape index (κ1) is 29.3. The maximum atomic E-state index is 14.5. The molecule has 0 spiro atoms. The number of alkyl halides is 2. The molecule has 0 unspecified atom stereocenters. The predicted octanol–water partition coefficient (Wildman–Crippen LogP) is 3.74. The van der Waals surface area contributed by atoms with E-state index in [0.717, 1.165) is 27.7 Å². The lowest BCUT2D eigenvalue weighted by Gasteiger charge is -2.39. The predicted molar refractivity (Wildman–Crippen MR) is 146 cm³/mol. The molecule has 2 aromatic heterocycles. The van der Waals surface area contributed by atoms with Crippen molar-refractivity contribution in [1.82, 2.24) is 15.3 Å². The van der Waals surface area contributed by atoms with Gasteiger partial charge in [0.15, 0.2) is 0 Å². The van der Waals surface area contributed by atoms with E-state index in [1.54, 1.807) is 6.07 Å². The number of nitrogens with zero attached hydrogens (tertiary/aromatic N) is 5. The number of nitriles is 1. The summed E-state index contributed by atoms with van der Waals surface area (Å²) in [5.41, 5.74) is -0.0375. The Balaban J connectivity index is 1.63. The first-order valence-electron chi connectivity index (χ1n) is 12.6. The summed E-state index contributed by atoms with van der Waals surface area (Å²) in [6, 6.07) is 7.37. The Morgan fingerprint density at radius 2 is 1.93 bits per heavy atom. The molecule has 1 aliphatic carbocycles. The average Bonchev–Trinajstić information content (AvgIpc) is 3.25. The molecule has 42 heavy (non-hydrogen) atoms. The van der Waals surface area contributed by atoms with Gasteiger partial charge in [-0.3, -0.25) is 19.5 Å². The Kier molecular flexibility index (Phi) is 7.82. The van der Waals surface area contributed by atoms with Crippen LogP contribution in [0.25, 0.3) is 0 Å². The van der Waals surface area contributed by atoms with E-state index in [-0.39, 0.29) is 34.1 Å². The third-order valence-electron chi connectivity index (χ3n) is 6.97. The molecular weight excluding hydrogens is 597 g/mol. The second-order valence-electron chi connectivity index (χ2n) is 9.89. The Labute approximate surface area is 243 Å². The van der Waals surface area contributed by atoms with Gasteiger partial charge >= 0.3 is 0 Å². The van der Waals surface area contributed by atoms with Gasteiger partial charge in [-0.1, -0.05) is 29.8 Å². The second-order valence-corrected chi connectivity index (χ2v) is 12.3. The minimum Gasteiger partial charge on any atom is -0.351 e. The van der Waals surface area contributed by atoms with Crippen LogP contribution in [0.5, 0.6) is 0 Å². The molecule has 2 atom stereocenters. The third kappa shape index (κ3) is 5.75. The van der Waals surface area contributed by atoms with E-state index in [4.69, 9.17) is 11.6 Å². The highest BCUT2D eigenvalue weighted by Crippen LogP contribution is 2.40. The quantitative estimate of drug-likeness (QED) is 0.426. The molecule has 1 saturated heterocycles. The molecule has 2 fully saturated rings. The SMILES string of the molecule is N#Cc1ccnc(N2[C@H](C(=O)N(c3cncc(F)c3)[C@H](C(=O)NC3CC(F)(F)C3)c3ccccc3Cl)CCS2(=O)=O)c1. The van der Waals surface area contributed by atoms with Gasteiger partial charge in [-0.15, -0.1) is 0 Å². The first-order chi connectivity index (χ1) is 19.9. The van der Waals surface area contributed by atoms with Crippen LogP contribution in [-0.2, 0) is 19.6 Å². The summed E-state index contributed by atoms with van der Waals surface area (Å²) in [6.07, 6.45) is 1.74. The van der Waals surface area contributed by atoms with E-state index < -0.39 is 70.3 Å². The number of anilines is 2. The van der Waals surface area contributed by atoms with Gasteiger partial charge in [0, 0.05) is 41.7 Å². The third-order valence-corrected chi connectivity index (χ3v) is 9.10. The molecular formula is C27H22ClF3N6O4S. The Bertz CT molecular complexity index is 1690. The number of hydrogen-bond donors (Lipinski definition) is 1. The van der Waals surface area contributed by atoms with E-state index in [2.05, 4.69) is 15.3 Å². The summed E-state index contributed by atoms with van der Waals surface area (Å²) < 4.78 is 68.7. The van der Waals surface area contributed by atoms with E-state index >= 15 is 0 Å². The summed E-state index contributed by atoms with van der Waals surface area (Å²) in [4.78, 5) is 36.9. The fraction of sp³-hybridized carbons (Fsp3) is 0.296. The van der Waals surface area contributed by atoms with Gasteiger partial charge in [-0.25, -0.2) is 30.9 Å². The van der Waals surface area contributed by atoms with Crippen molar-refractivity contribution in [3.63, 3.8) is 0 Å². The number of rotatable bonds is 7. The Hall–Kier alpha value is -4.22. The summed E-state index contributed by atoms with van der Waals surface area (Å²) >= 11 is 6.45. The number of benzene rings is 1. The van der Waals surface area contributed by atoms with Crippen LogP contribution in [0.15, 0.2) is 61.1 Å². The zero-order chi connectivity index (χ0) is 30.2. The van der Waals surface area contributed by atoms with Gasteiger partial charge in [0.25, 0.3) is 11.8 Å². The molecule has 0 radical (unpaired) electrons. The molecule has 0 bridgehead atoms. The van der Waals surface area contributed by atoms with Crippen LogP contribution in [-0.4, -0.2) is 54.0 Å². The van der Waals surface area contributed by atoms with Gasteiger partial charge in [-0.2, -0.15) is 5.26 Å².